The number of aromatic nitrogens is 4. The van der Waals surface area contributed by atoms with Gasteiger partial charge in [0, 0.05) is 29.0 Å². The molecule has 0 N–H and O–H groups in total. The summed E-state index contributed by atoms with van der Waals surface area (Å²) in [5.41, 5.74) is 5.24. The van der Waals surface area contributed by atoms with Crippen LogP contribution in [0.3, 0.4) is 0 Å². The minimum atomic E-state index is 0.687. The number of methoxy groups -OCH3 is 1. The number of hydrogen-bond donors (Lipinski definition) is 0. The predicted molar refractivity (Wildman–Crippen MR) is 165 cm³/mol. The Kier molecular flexibility index (Phi) is 8.35. The van der Waals surface area contributed by atoms with E-state index in [4.69, 9.17) is 4.74 Å². The maximum Gasteiger partial charge on any atom is 0.421 e. The topological polar surface area (TPSA) is 79.5 Å². The molecule has 0 aliphatic carbocycles. The lowest BCUT2D eigenvalue weighted by Crippen LogP contribution is -2.33. The van der Waals surface area contributed by atoms with Gasteiger partial charge in [-0.25, -0.2) is 18.3 Å². The van der Waals surface area contributed by atoms with E-state index in [0.717, 1.165) is 42.1 Å². The third-order valence-electron chi connectivity index (χ3n) is 7.72. The van der Waals surface area contributed by atoms with Gasteiger partial charge in [-0.3, -0.25) is 0 Å². The first kappa shape index (κ1) is 28.0. The van der Waals surface area contributed by atoms with Crippen LogP contribution < -0.4 is 18.8 Å². The molecular formula is C33H37N9O+2. The van der Waals surface area contributed by atoms with Crippen LogP contribution in [0.25, 0.3) is 0 Å². The van der Waals surface area contributed by atoms with Crippen LogP contribution in [0.15, 0.2) is 118 Å². The molecule has 1 aliphatic rings. The smallest absolute Gasteiger partial charge is 0.421 e. The van der Waals surface area contributed by atoms with Crippen molar-refractivity contribution in [3.8, 4) is 5.75 Å². The molecule has 0 saturated carbocycles. The van der Waals surface area contributed by atoms with Gasteiger partial charge in [0.15, 0.2) is 0 Å². The Morgan fingerprint density at radius 1 is 0.628 bits per heavy atom. The van der Waals surface area contributed by atoms with E-state index in [1.54, 1.807) is 7.11 Å². The summed E-state index contributed by atoms with van der Waals surface area (Å²) in [7, 11) is 5.61. The highest BCUT2D eigenvalue weighted by molar-refractivity contribution is 5.53. The Hall–Kier alpha value is -5.12. The Morgan fingerprint density at radius 3 is 1.56 bits per heavy atom. The van der Waals surface area contributed by atoms with Crippen LogP contribution >= 0.6 is 0 Å². The van der Waals surface area contributed by atoms with Crippen molar-refractivity contribution < 1.29 is 13.9 Å². The van der Waals surface area contributed by atoms with Gasteiger partial charge in [-0.1, -0.05) is 34.5 Å². The molecule has 0 atom stereocenters. The van der Waals surface area contributed by atoms with Gasteiger partial charge in [-0.2, -0.15) is 0 Å². The zero-order valence-corrected chi connectivity index (χ0v) is 24.9. The highest BCUT2D eigenvalue weighted by Gasteiger charge is 2.17. The van der Waals surface area contributed by atoms with Gasteiger partial charge in [-0.15, -0.1) is 0 Å². The first-order chi connectivity index (χ1) is 21.1. The van der Waals surface area contributed by atoms with E-state index in [2.05, 4.69) is 70.9 Å². The number of azo groups is 2. The maximum atomic E-state index is 5.22. The van der Waals surface area contributed by atoms with E-state index in [1.807, 2.05) is 84.4 Å². The second kappa shape index (κ2) is 12.8. The number of rotatable bonds is 10. The van der Waals surface area contributed by atoms with Crippen molar-refractivity contribution in [2.45, 2.75) is 25.9 Å². The van der Waals surface area contributed by atoms with Crippen molar-refractivity contribution in [1.29, 1.82) is 0 Å². The summed E-state index contributed by atoms with van der Waals surface area (Å²) in [6, 6.07) is 24.5. The summed E-state index contributed by atoms with van der Waals surface area (Å²) in [5.74, 6) is 2.35. The molecule has 0 radical (unpaired) electrons. The largest absolute Gasteiger partial charge is 0.497 e. The monoisotopic (exact) mass is 575 g/mol. The van der Waals surface area contributed by atoms with Gasteiger partial charge in [0.1, 0.15) is 17.1 Å². The average Bonchev–Trinajstić information content (AvgIpc) is 3.78. The molecule has 0 amide bonds. The summed E-state index contributed by atoms with van der Waals surface area (Å²) >= 11 is 0. The molecule has 0 unspecified atom stereocenters. The van der Waals surface area contributed by atoms with Gasteiger partial charge >= 0.3 is 11.9 Å². The van der Waals surface area contributed by atoms with E-state index in [1.165, 1.54) is 29.7 Å². The second-order valence-corrected chi connectivity index (χ2v) is 10.8. The van der Waals surface area contributed by atoms with Crippen LogP contribution in [0.4, 0.5) is 29.0 Å². The molecule has 0 spiro atoms. The van der Waals surface area contributed by atoms with Crippen molar-refractivity contribution in [2.75, 3.05) is 25.1 Å². The Morgan fingerprint density at radius 2 is 1.09 bits per heavy atom. The van der Waals surface area contributed by atoms with Crippen LogP contribution in [-0.2, 0) is 27.2 Å². The molecule has 3 aromatic carbocycles. The summed E-state index contributed by atoms with van der Waals surface area (Å²) in [5, 5.41) is 18.1. The summed E-state index contributed by atoms with van der Waals surface area (Å²) in [6.45, 7) is 3.65. The molecule has 43 heavy (non-hydrogen) atoms. The SMILES string of the molecule is COc1ccc(/N=N/c2n(C)cc[n+]2Cc2ccc(C[n+]3ccn(C)c3/N=N/c3ccc(N4CCCC4)cc3)cc2)cc1. The highest BCUT2D eigenvalue weighted by Crippen LogP contribution is 2.24. The first-order valence-corrected chi connectivity index (χ1v) is 14.6. The number of anilines is 1. The lowest BCUT2D eigenvalue weighted by atomic mass is 10.1. The van der Waals surface area contributed by atoms with Crippen LogP contribution in [-0.4, -0.2) is 29.3 Å². The van der Waals surface area contributed by atoms with Crippen LogP contribution in [0.2, 0.25) is 0 Å². The van der Waals surface area contributed by atoms with E-state index in [0.29, 0.717) is 13.1 Å². The van der Waals surface area contributed by atoms with E-state index in [-0.39, 0.29) is 0 Å². The average molecular weight is 576 g/mol. The minimum Gasteiger partial charge on any atom is -0.497 e. The quantitative estimate of drug-likeness (QED) is 0.141. The molecule has 1 saturated heterocycles. The van der Waals surface area contributed by atoms with E-state index >= 15 is 0 Å². The molecule has 6 rings (SSSR count). The molecule has 3 heterocycles. The molecule has 1 fully saturated rings. The molecule has 5 aromatic rings. The summed E-state index contributed by atoms with van der Waals surface area (Å²) < 4.78 is 13.4. The number of hydrogen-bond acceptors (Lipinski definition) is 6. The standard InChI is InChI=1S/C33H37N9O/c1-38-20-22-41(32(38)36-34-28-10-14-30(15-11-28)40-18-4-5-19-40)24-26-6-8-27(9-7-26)25-42-23-21-39(2)33(42)37-35-29-12-16-31(43-3)17-13-29/h6-17,20-23H,4-5,18-19,24-25H2,1-3H3/q+2. The summed E-state index contributed by atoms with van der Waals surface area (Å²) in [4.78, 5) is 2.42. The fourth-order valence-corrected chi connectivity index (χ4v) is 5.24. The van der Waals surface area contributed by atoms with Gasteiger partial charge in [0.05, 0.1) is 59.1 Å². The lowest BCUT2D eigenvalue weighted by molar-refractivity contribution is -0.675. The van der Waals surface area contributed by atoms with Crippen LogP contribution in [0.5, 0.6) is 5.75 Å². The van der Waals surface area contributed by atoms with Gasteiger partial charge < -0.3 is 9.64 Å². The summed E-state index contributed by atoms with van der Waals surface area (Å²) in [6.07, 6.45) is 10.6. The zero-order valence-electron chi connectivity index (χ0n) is 24.9. The predicted octanol–water partition coefficient (Wildman–Crippen LogP) is 6.47. The molecule has 10 heteroatoms. The Balaban J connectivity index is 1.11. The van der Waals surface area contributed by atoms with Crippen molar-refractivity contribution >= 4 is 29.0 Å². The van der Waals surface area contributed by atoms with Gasteiger partial charge in [0.2, 0.25) is 0 Å². The number of aryl methyl sites for hydroxylation is 2. The number of benzene rings is 3. The van der Waals surface area contributed by atoms with E-state index in [9.17, 15) is 0 Å². The first-order valence-electron chi connectivity index (χ1n) is 14.6. The van der Waals surface area contributed by atoms with Crippen molar-refractivity contribution in [2.24, 2.45) is 34.6 Å². The fourth-order valence-electron chi connectivity index (χ4n) is 5.24. The normalized spacial score (nSPS) is 13.5. The molecule has 2 aromatic heterocycles. The number of nitrogens with zero attached hydrogens (tertiary/aromatic N) is 9. The molecule has 218 valence electrons. The highest BCUT2D eigenvalue weighted by atomic mass is 16.5. The van der Waals surface area contributed by atoms with Gasteiger partial charge in [0.25, 0.3) is 0 Å². The van der Waals surface area contributed by atoms with Crippen molar-refractivity contribution in [3.63, 3.8) is 0 Å². The number of ether oxygens (including phenoxy) is 1. The zero-order chi connectivity index (χ0) is 29.6. The third kappa shape index (κ3) is 6.69. The maximum absolute atomic E-state index is 5.22. The molecular weight excluding hydrogens is 538 g/mol. The molecule has 0 bridgehead atoms. The molecule has 10 nitrogen and oxygen atoms in total. The second-order valence-electron chi connectivity index (χ2n) is 10.8. The van der Waals surface area contributed by atoms with E-state index < -0.39 is 0 Å². The van der Waals surface area contributed by atoms with Gasteiger partial charge in [-0.05, 0) is 72.5 Å². The van der Waals surface area contributed by atoms with Crippen molar-refractivity contribution in [1.82, 2.24) is 9.13 Å². The van der Waals surface area contributed by atoms with Crippen molar-refractivity contribution in [3.05, 3.63) is 109 Å². The fraction of sp³-hybridized carbons (Fsp3) is 0.273. The van der Waals surface area contributed by atoms with Crippen LogP contribution in [0.1, 0.15) is 24.0 Å². The Bertz CT molecular complexity index is 1710. The Labute approximate surface area is 251 Å². The lowest BCUT2D eigenvalue weighted by Gasteiger charge is -2.16. The third-order valence-corrected chi connectivity index (χ3v) is 7.72. The molecule has 1 aliphatic heterocycles. The number of imidazole rings is 2. The van der Waals surface area contributed by atoms with Crippen LogP contribution in [0, 0.1) is 0 Å². The minimum absolute atomic E-state index is 0.687.